The molecule has 1 fully saturated rings. The standard InChI is InChI=1S/C13H18ClNO2/c1-16-13(17-2)11-9-10(5-6-12(11)14)15-7-3-4-8-15/h5-6,9,13H,3-4,7-8H2,1-2H3. The second-order valence-corrected chi connectivity index (χ2v) is 4.61. The molecule has 1 saturated heterocycles. The van der Waals surface area contributed by atoms with Crippen LogP contribution in [0.3, 0.4) is 0 Å². The Balaban J connectivity index is 2.27. The Kier molecular flexibility index (Phi) is 4.26. The van der Waals surface area contributed by atoms with Crippen molar-refractivity contribution in [3.05, 3.63) is 28.8 Å². The van der Waals surface area contributed by atoms with Gasteiger partial charge in [0.15, 0.2) is 6.29 Å². The Bertz CT molecular complexity index is 374. The molecule has 2 rings (SSSR count). The number of methoxy groups -OCH3 is 2. The van der Waals surface area contributed by atoms with Gasteiger partial charge in [-0.2, -0.15) is 0 Å². The molecule has 1 aromatic carbocycles. The number of halogens is 1. The molecular formula is C13H18ClNO2. The number of rotatable bonds is 4. The molecule has 17 heavy (non-hydrogen) atoms. The molecule has 1 aliphatic heterocycles. The van der Waals surface area contributed by atoms with Gasteiger partial charge in [0.1, 0.15) is 0 Å². The van der Waals surface area contributed by atoms with Gasteiger partial charge in [-0.1, -0.05) is 11.6 Å². The molecule has 0 amide bonds. The van der Waals surface area contributed by atoms with Gasteiger partial charge in [-0.25, -0.2) is 0 Å². The summed E-state index contributed by atoms with van der Waals surface area (Å²) in [7, 11) is 3.24. The number of ether oxygens (including phenoxy) is 2. The van der Waals surface area contributed by atoms with Crippen LogP contribution in [-0.2, 0) is 9.47 Å². The van der Waals surface area contributed by atoms with E-state index in [1.165, 1.54) is 18.5 Å². The molecule has 0 bridgehead atoms. The molecule has 0 unspecified atom stereocenters. The third-order valence-corrected chi connectivity index (χ3v) is 3.48. The van der Waals surface area contributed by atoms with Gasteiger partial charge in [-0.15, -0.1) is 0 Å². The predicted molar refractivity (Wildman–Crippen MR) is 69.7 cm³/mol. The van der Waals surface area contributed by atoms with E-state index in [0.717, 1.165) is 18.7 Å². The molecular weight excluding hydrogens is 238 g/mol. The Labute approximate surface area is 107 Å². The van der Waals surface area contributed by atoms with E-state index in [-0.39, 0.29) is 0 Å². The molecule has 0 aliphatic carbocycles. The quantitative estimate of drug-likeness (QED) is 0.771. The number of hydrogen-bond donors (Lipinski definition) is 0. The van der Waals surface area contributed by atoms with Crippen molar-refractivity contribution in [3.63, 3.8) is 0 Å². The fourth-order valence-corrected chi connectivity index (χ4v) is 2.44. The second kappa shape index (κ2) is 5.71. The van der Waals surface area contributed by atoms with Gasteiger partial charge in [0, 0.05) is 43.6 Å². The Morgan fingerprint density at radius 3 is 2.41 bits per heavy atom. The SMILES string of the molecule is COC(OC)c1cc(N2CCCC2)ccc1Cl. The van der Waals surface area contributed by atoms with E-state index in [1.807, 2.05) is 6.07 Å². The topological polar surface area (TPSA) is 21.7 Å². The van der Waals surface area contributed by atoms with Crippen LogP contribution in [0.25, 0.3) is 0 Å². The van der Waals surface area contributed by atoms with Crippen LogP contribution in [0, 0.1) is 0 Å². The highest BCUT2D eigenvalue weighted by Crippen LogP contribution is 2.31. The first-order chi connectivity index (χ1) is 8.26. The van der Waals surface area contributed by atoms with Crippen LogP contribution in [0.2, 0.25) is 5.02 Å². The van der Waals surface area contributed by atoms with Gasteiger partial charge in [0.2, 0.25) is 0 Å². The monoisotopic (exact) mass is 255 g/mol. The van der Waals surface area contributed by atoms with Crippen molar-refractivity contribution in [2.45, 2.75) is 19.1 Å². The highest BCUT2D eigenvalue weighted by atomic mass is 35.5. The van der Waals surface area contributed by atoms with E-state index in [1.54, 1.807) is 14.2 Å². The molecule has 0 radical (unpaired) electrons. The largest absolute Gasteiger partial charge is 0.372 e. The summed E-state index contributed by atoms with van der Waals surface area (Å²) < 4.78 is 10.5. The maximum atomic E-state index is 6.18. The maximum Gasteiger partial charge on any atom is 0.184 e. The third kappa shape index (κ3) is 2.73. The highest BCUT2D eigenvalue weighted by Gasteiger charge is 2.17. The fourth-order valence-electron chi connectivity index (χ4n) is 2.23. The third-order valence-electron chi connectivity index (χ3n) is 3.13. The van der Waals surface area contributed by atoms with E-state index >= 15 is 0 Å². The van der Waals surface area contributed by atoms with Gasteiger partial charge in [0.05, 0.1) is 0 Å². The number of anilines is 1. The molecule has 0 N–H and O–H groups in total. The van der Waals surface area contributed by atoms with Crippen molar-refractivity contribution in [3.8, 4) is 0 Å². The van der Waals surface area contributed by atoms with Crippen molar-refractivity contribution >= 4 is 17.3 Å². The van der Waals surface area contributed by atoms with Crippen LogP contribution >= 0.6 is 11.6 Å². The second-order valence-electron chi connectivity index (χ2n) is 4.20. The van der Waals surface area contributed by atoms with Gasteiger partial charge in [-0.05, 0) is 31.0 Å². The fraction of sp³-hybridized carbons (Fsp3) is 0.538. The van der Waals surface area contributed by atoms with Crippen LogP contribution < -0.4 is 4.90 Å². The van der Waals surface area contributed by atoms with Crippen molar-refractivity contribution in [1.82, 2.24) is 0 Å². The first-order valence-electron chi connectivity index (χ1n) is 5.86. The smallest absolute Gasteiger partial charge is 0.184 e. The zero-order chi connectivity index (χ0) is 12.3. The van der Waals surface area contributed by atoms with Gasteiger partial charge < -0.3 is 14.4 Å². The van der Waals surface area contributed by atoms with Crippen LogP contribution in [0.1, 0.15) is 24.7 Å². The van der Waals surface area contributed by atoms with Crippen LogP contribution in [0.15, 0.2) is 18.2 Å². The molecule has 94 valence electrons. The summed E-state index contributed by atoms with van der Waals surface area (Å²) in [5.41, 5.74) is 2.09. The Hall–Kier alpha value is -0.770. The van der Waals surface area contributed by atoms with Gasteiger partial charge >= 0.3 is 0 Å². The lowest BCUT2D eigenvalue weighted by Crippen LogP contribution is -2.18. The minimum atomic E-state index is -0.398. The van der Waals surface area contributed by atoms with Crippen LogP contribution in [0.4, 0.5) is 5.69 Å². The first kappa shape index (κ1) is 12.7. The van der Waals surface area contributed by atoms with E-state index in [2.05, 4.69) is 17.0 Å². The molecule has 4 heteroatoms. The van der Waals surface area contributed by atoms with E-state index in [9.17, 15) is 0 Å². The molecule has 3 nitrogen and oxygen atoms in total. The molecule has 1 aromatic rings. The average molecular weight is 256 g/mol. The summed E-state index contributed by atoms with van der Waals surface area (Å²) in [5.74, 6) is 0. The maximum absolute atomic E-state index is 6.18. The van der Waals surface area contributed by atoms with Crippen molar-refractivity contribution in [2.75, 3.05) is 32.2 Å². The molecule has 0 atom stereocenters. The highest BCUT2D eigenvalue weighted by molar-refractivity contribution is 6.31. The Morgan fingerprint density at radius 1 is 1.18 bits per heavy atom. The minimum Gasteiger partial charge on any atom is -0.372 e. The van der Waals surface area contributed by atoms with Crippen molar-refractivity contribution in [2.24, 2.45) is 0 Å². The normalized spacial score (nSPS) is 15.9. The lowest BCUT2D eigenvalue weighted by atomic mass is 10.1. The molecule has 1 aliphatic rings. The van der Waals surface area contributed by atoms with Gasteiger partial charge in [-0.3, -0.25) is 0 Å². The molecule has 0 saturated carbocycles. The first-order valence-corrected chi connectivity index (χ1v) is 6.24. The summed E-state index contributed by atoms with van der Waals surface area (Å²) in [6.07, 6.45) is 2.12. The zero-order valence-electron chi connectivity index (χ0n) is 10.3. The lowest BCUT2D eigenvalue weighted by molar-refractivity contribution is -0.105. The minimum absolute atomic E-state index is 0.398. The van der Waals surface area contributed by atoms with Crippen LogP contribution in [0.5, 0.6) is 0 Å². The van der Waals surface area contributed by atoms with E-state index < -0.39 is 6.29 Å². The van der Waals surface area contributed by atoms with Crippen molar-refractivity contribution in [1.29, 1.82) is 0 Å². The molecule has 1 heterocycles. The average Bonchev–Trinajstić information content (AvgIpc) is 2.86. The summed E-state index contributed by atoms with van der Waals surface area (Å²) in [6.45, 7) is 2.23. The molecule has 0 aromatic heterocycles. The Morgan fingerprint density at radius 2 is 1.82 bits per heavy atom. The lowest BCUT2D eigenvalue weighted by Gasteiger charge is -2.21. The van der Waals surface area contributed by atoms with Crippen molar-refractivity contribution < 1.29 is 9.47 Å². The van der Waals surface area contributed by atoms with Gasteiger partial charge in [0.25, 0.3) is 0 Å². The molecule has 0 spiro atoms. The summed E-state index contributed by atoms with van der Waals surface area (Å²) in [6, 6.07) is 6.03. The zero-order valence-corrected chi connectivity index (χ0v) is 11.0. The van der Waals surface area contributed by atoms with E-state index in [4.69, 9.17) is 21.1 Å². The summed E-state index contributed by atoms with van der Waals surface area (Å²) >= 11 is 6.18. The predicted octanol–water partition coefficient (Wildman–Crippen LogP) is 3.23. The number of benzene rings is 1. The summed E-state index contributed by atoms with van der Waals surface area (Å²) in [4.78, 5) is 2.36. The number of nitrogens with zero attached hydrogens (tertiary/aromatic N) is 1. The van der Waals surface area contributed by atoms with Crippen LogP contribution in [-0.4, -0.2) is 27.3 Å². The number of hydrogen-bond acceptors (Lipinski definition) is 3. The summed E-state index contributed by atoms with van der Waals surface area (Å²) in [5, 5.41) is 0.682. The van der Waals surface area contributed by atoms with E-state index in [0.29, 0.717) is 5.02 Å².